The van der Waals surface area contributed by atoms with Crippen LogP contribution in [0.5, 0.6) is 0 Å². The minimum atomic E-state index is -1.17. The summed E-state index contributed by atoms with van der Waals surface area (Å²) in [6, 6.07) is 8.97. The van der Waals surface area contributed by atoms with E-state index < -0.39 is 17.2 Å². The Morgan fingerprint density at radius 1 is 0.800 bits per heavy atom. The largest absolute Gasteiger partial charge is 0.389 e. The molecule has 1 unspecified atom stereocenters. The summed E-state index contributed by atoms with van der Waals surface area (Å²) in [4.78, 5) is 0. The molecule has 0 aromatic heterocycles. The van der Waals surface area contributed by atoms with Crippen LogP contribution in [0.3, 0.4) is 0 Å². The number of benzene rings is 2. The van der Waals surface area contributed by atoms with Crippen LogP contribution < -0.4 is 0 Å². The van der Waals surface area contributed by atoms with Crippen molar-refractivity contribution in [1.82, 2.24) is 0 Å². The minimum Gasteiger partial charge on any atom is -0.389 e. The molecule has 0 aliphatic rings. The highest BCUT2D eigenvalue weighted by molar-refractivity contribution is 5.22. The van der Waals surface area contributed by atoms with E-state index in [9.17, 15) is 18.3 Å². The van der Waals surface area contributed by atoms with Crippen LogP contribution in [-0.4, -0.2) is 10.7 Å². The minimum absolute atomic E-state index is 0.110. The lowest BCUT2D eigenvalue weighted by atomic mass is 9.90. The first-order valence-electron chi connectivity index (χ1n) is 6.26. The molecule has 106 valence electrons. The maximum atomic E-state index is 13.1. The summed E-state index contributed by atoms with van der Waals surface area (Å²) in [6.45, 7) is 1.58. The Morgan fingerprint density at radius 2 is 1.30 bits per heavy atom. The third-order valence-corrected chi connectivity index (χ3v) is 3.01. The van der Waals surface area contributed by atoms with Crippen LogP contribution in [0, 0.1) is 17.5 Å². The van der Waals surface area contributed by atoms with Crippen molar-refractivity contribution in [2.24, 2.45) is 0 Å². The Labute approximate surface area is 115 Å². The van der Waals surface area contributed by atoms with Crippen LogP contribution >= 0.6 is 0 Å². The number of halogens is 3. The fourth-order valence-corrected chi connectivity index (χ4v) is 2.26. The summed E-state index contributed by atoms with van der Waals surface area (Å²) in [5.41, 5.74) is -0.0270. The van der Waals surface area contributed by atoms with Crippen molar-refractivity contribution < 1.29 is 18.3 Å². The monoisotopic (exact) mass is 280 g/mol. The van der Waals surface area contributed by atoms with Gasteiger partial charge in [-0.2, -0.15) is 0 Å². The molecule has 0 saturated carbocycles. The molecule has 1 N–H and O–H groups in total. The summed E-state index contributed by atoms with van der Waals surface area (Å²) in [7, 11) is 0. The first-order chi connectivity index (χ1) is 9.34. The van der Waals surface area contributed by atoms with Crippen LogP contribution in [-0.2, 0) is 12.8 Å². The summed E-state index contributed by atoms with van der Waals surface area (Å²) in [5, 5.41) is 10.3. The van der Waals surface area contributed by atoms with E-state index in [-0.39, 0.29) is 18.7 Å². The maximum absolute atomic E-state index is 13.1. The summed E-state index contributed by atoms with van der Waals surface area (Å²) in [5.74, 6) is -1.68. The van der Waals surface area contributed by atoms with Gasteiger partial charge in [-0.05, 0) is 42.3 Å². The Hall–Kier alpha value is -1.81. The van der Waals surface area contributed by atoms with E-state index >= 15 is 0 Å². The SMILES string of the molecule is CC(O)(Cc1ccc(F)cc1)Cc1cc(F)cc(F)c1. The molecule has 20 heavy (non-hydrogen) atoms. The number of hydrogen-bond donors (Lipinski definition) is 1. The first kappa shape index (κ1) is 14.6. The summed E-state index contributed by atoms with van der Waals surface area (Å²) >= 11 is 0. The zero-order valence-electron chi connectivity index (χ0n) is 11.0. The van der Waals surface area contributed by atoms with Crippen molar-refractivity contribution in [1.29, 1.82) is 0 Å². The van der Waals surface area contributed by atoms with Gasteiger partial charge in [-0.1, -0.05) is 12.1 Å². The van der Waals surface area contributed by atoms with Crippen molar-refractivity contribution >= 4 is 0 Å². The lowest BCUT2D eigenvalue weighted by molar-refractivity contribution is 0.0607. The predicted octanol–water partition coefficient (Wildman–Crippen LogP) is 3.64. The molecule has 4 heteroatoms. The third kappa shape index (κ3) is 4.10. The second-order valence-electron chi connectivity index (χ2n) is 5.25. The molecule has 0 aliphatic carbocycles. The van der Waals surface area contributed by atoms with Crippen molar-refractivity contribution in [3.05, 3.63) is 71.0 Å². The zero-order valence-corrected chi connectivity index (χ0v) is 11.0. The lowest BCUT2D eigenvalue weighted by Crippen LogP contribution is -2.30. The zero-order chi connectivity index (χ0) is 14.8. The van der Waals surface area contributed by atoms with E-state index in [1.807, 2.05) is 0 Å². The Morgan fingerprint density at radius 3 is 1.85 bits per heavy atom. The molecule has 2 aromatic carbocycles. The highest BCUT2D eigenvalue weighted by atomic mass is 19.1. The molecule has 2 aromatic rings. The van der Waals surface area contributed by atoms with Gasteiger partial charge in [0.25, 0.3) is 0 Å². The van der Waals surface area contributed by atoms with Crippen LogP contribution in [0.15, 0.2) is 42.5 Å². The number of aliphatic hydroxyl groups is 1. The molecule has 1 atom stereocenters. The van der Waals surface area contributed by atoms with E-state index in [2.05, 4.69) is 0 Å². The van der Waals surface area contributed by atoms with E-state index in [1.54, 1.807) is 19.1 Å². The van der Waals surface area contributed by atoms with Gasteiger partial charge in [0.15, 0.2) is 0 Å². The van der Waals surface area contributed by atoms with E-state index in [1.165, 1.54) is 24.3 Å². The maximum Gasteiger partial charge on any atom is 0.126 e. The van der Waals surface area contributed by atoms with Crippen LogP contribution in [0.4, 0.5) is 13.2 Å². The molecule has 0 heterocycles. The molecular weight excluding hydrogens is 265 g/mol. The Kier molecular flexibility index (Phi) is 4.14. The molecule has 0 fully saturated rings. The van der Waals surface area contributed by atoms with E-state index in [0.29, 0.717) is 5.56 Å². The summed E-state index contributed by atoms with van der Waals surface area (Å²) in [6.07, 6.45) is 0.379. The molecule has 0 amide bonds. The van der Waals surface area contributed by atoms with Gasteiger partial charge in [0.05, 0.1) is 5.60 Å². The van der Waals surface area contributed by atoms with E-state index in [4.69, 9.17) is 0 Å². The van der Waals surface area contributed by atoms with E-state index in [0.717, 1.165) is 11.6 Å². The van der Waals surface area contributed by atoms with Crippen LogP contribution in [0.2, 0.25) is 0 Å². The average Bonchev–Trinajstić information content (AvgIpc) is 2.29. The number of hydrogen-bond acceptors (Lipinski definition) is 1. The molecule has 0 spiro atoms. The topological polar surface area (TPSA) is 20.2 Å². The second kappa shape index (κ2) is 5.67. The highest BCUT2D eigenvalue weighted by Gasteiger charge is 2.22. The van der Waals surface area contributed by atoms with Gasteiger partial charge in [-0.15, -0.1) is 0 Å². The van der Waals surface area contributed by atoms with Gasteiger partial charge in [-0.3, -0.25) is 0 Å². The predicted molar refractivity (Wildman–Crippen MR) is 70.8 cm³/mol. The van der Waals surface area contributed by atoms with Gasteiger partial charge in [-0.25, -0.2) is 13.2 Å². The lowest BCUT2D eigenvalue weighted by Gasteiger charge is -2.23. The van der Waals surface area contributed by atoms with Crippen molar-refractivity contribution in [2.75, 3.05) is 0 Å². The molecule has 2 rings (SSSR count). The Bertz CT molecular complexity index is 571. The van der Waals surface area contributed by atoms with Gasteiger partial charge in [0.2, 0.25) is 0 Å². The third-order valence-electron chi connectivity index (χ3n) is 3.01. The van der Waals surface area contributed by atoms with Crippen LogP contribution in [0.1, 0.15) is 18.1 Å². The quantitative estimate of drug-likeness (QED) is 0.906. The van der Waals surface area contributed by atoms with Crippen molar-refractivity contribution in [3.63, 3.8) is 0 Å². The van der Waals surface area contributed by atoms with Gasteiger partial charge in [0, 0.05) is 18.9 Å². The molecule has 0 radical (unpaired) electrons. The van der Waals surface area contributed by atoms with Crippen molar-refractivity contribution in [2.45, 2.75) is 25.4 Å². The van der Waals surface area contributed by atoms with Crippen LogP contribution in [0.25, 0.3) is 0 Å². The van der Waals surface area contributed by atoms with Gasteiger partial charge < -0.3 is 5.11 Å². The molecule has 0 saturated heterocycles. The summed E-state index contributed by atoms with van der Waals surface area (Å²) < 4.78 is 39.0. The fourth-order valence-electron chi connectivity index (χ4n) is 2.26. The fraction of sp³-hybridized carbons (Fsp3) is 0.250. The smallest absolute Gasteiger partial charge is 0.126 e. The molecule has 0 aliphatic heterocycles. The van der Waals surface area contributed by atoms with Crippen molar-refractivity contribution in [3.8, 4) is 0 Å². The Balaban J connectivity index is 2.12. The van der Waals surface area contributed by atoms with Gasteiger partial charge >= 0.3 is 0 Å². The first-order valence-corrected chi connectivity index (χ1v) is 6.26. The number of rotatable bonds is 4. The average molecular weight is 280 g/mol. The molecular formula is C16H15F3O. The normalized spacial score (nSPS) is 14.1. The molecule has 0 bridgehead atoms. The van der Waals surface area contributed by atoms with Gasteiger partial charge in [0.1, 0.15) is 17.5 Å². The highest BCUT2D eigenvalue weighted by Crippen LogP contribution is 2.20. The standard InChI is InChI=1S/C16H15F3O/c1-16(20,9-11-2-4-13(17)5-3-11)10-12-6-14(18)8-15(19)7-12/h2-8,20H,9-10H2,1H3. The second-order valence-corrected chi connectivity index (χ2v) is 5.25. The molecule has 1 nitrogen and oxygen atoms in total.